The van der Waals surface area contributed by atoms with Crippen molar-refractivity contribution >= 4 is 34.9 Å². The molecular formula is C37H43ClF2N6S. The molecule has 0 bridgehead atoms. The molecule has 1 aromatic heterocycles. The molecule has 3 unspecified atom stereocenters. The number of alkyl halides is 1. The largest absolute Gasteiger partial charge is 0.332 e. The van der Waals surface area contributed by atoms with Crippen molar-refractivity contribution < 1.29 is 8.78 Å². The monoisotopic (exact) mass is 676 g/mol. The van der Waals surface area contributed by atoms with Gasteiger partial charge in [0, 0.05) is 66.7 Å². The Morgan fingerprint density at radius 1 is 1.19 bits per heavy atom. The number of fused-ring (bicyclic) bond motifs is 1. The van der Waals surface area contributed by atoms with Gasteiger partial charge in [-0.15, -0.1) is 11.8 Å². The summed E-state index contributed by atoms with van der Waals surface area (Å²) in [4.78, 5) is 17.3. The van der Waals surface area contributed by atoms with Crippen LogP contribution in [0.4, 0.5) is 8.78 Å². The van der Waals surface area contributed by atoms with Crippen molar-refractivity contribution in [3.63, 3.8) is 0 Å². The smallest absolute Gasteiger partial charge is 0.124 e. The number of hydrogen-bond donors (Lipinski definition) is 2. The number of aliphatic imine (C=N–C) groups is 2. The first kappa shape index (κ1) is 33.8. The number of nitrogens with one attached hydrogen (secondary N) is 2. The first-order valence-corrected chi connectivity index (χ1v) is 17.9. The summed E-state index contributed by atoms with van der Waals surface area (Å²) >= 11 is 8.45. The lowest BCUT2D eigenvalue weighted by Gasteiger charge is -2.37. The second kappa shape index (κ2) is 15.4. The fourth-order valence-electron chi connectivity index (χ4n) is 6.86. The Balaban J connectivity index is 1.27. The SMILES string of the molecule is C=C1CC=CSC1C1=N[C@@H](c2ccc(F)cc2Cl)C(C2=NC(CC(C)F)C=C2)=C2C[C@H](CNCCN[C@H](CC)c3ccccn3)CN12. The molecular weight excluding hydrogens is 634 g/mol. The molecule has 4 aliphatic rings. The highest BCUT2D eigenvalue weighted by Gasteiger charge is 2.43. The molecule has 6 atom stereocenters. The van der Waals surface area contributed by atoms with Crippen molar-refractivity contribution in [3.05, 3.63) is 112 Å². The zero-order valence-electron chi connectivity index (χ0n) is 27.0. The number of aromatic nitrogens is 1. The van der Waals surface area contributed by atoms with E-state index >= 15 is 0 Å². The maximum atomic E-state index is 14.2. The van der Waals surface area contributed by atoms with E-state index in [-0.39, 0.29) is 17.3 Å². The Bertz CT molecular complexity index is 1600. The number of allylic oxidation sites excluding steroid dienone is 3. The number of halogens is 3. The van der Waals surface area contributed by atoms with Gasteiger partial charge in [-0.3, -0.25) is 15.0 Å². The van der Waals surface area contributed by atoms with Crippen LogP contribution in [0.25, 0.3) is 0 Å². The summed E-state index contributed by atoms with van der Waals surface area (Å²) in [5.74, 6) is 0.892. The molecule has 6 rings (SSSR count). The minimum atomic E-state index is -0.962. The molecule has 0 radical (unpaired) electrons. The van der Waals surface area contributed by atoms with E-state index in [2.05, 4.69) is 51.6 Å². The van der Waals surface area contributed by atoms with Crippen molar-refractivity contribution in [2.75, 3.05) is 26.2 Å². The van der Waals surface area contributed by atoms with Gasteiger partial charge in [0.05, 0.1) is 28.9 Å². The lowest BCUT2D eigenvalue weighted by molar-refractivity contribution is 0.333. The van der Waals surface area contributed by atoms with Gasteiger partial charge >= 0.3 is 0 Å². The maximum Gasteiger partial charge on any atom is 0.124 e. The molecule has 1 saturated heterocycles. The van der Waals surface area contributed by atoms with E-state index in [1.165, 1.54) is 12.1 Å². The van der Waals surface area contributed by atoms with Crippen LogP contribution in [0, 0.1) is 11.7 Å². The third-order valence-corrected chi connectivity index (χ3v) is 10.6. The van der Waals surface area contributed by atoms with Crippen molar-refractivity contribution in [2.24, 2.45) is 15.9 Å². The Labute approximate surface area is 286 Å². The molecule has 248 valence electrons. The number of nitrogens with zero attached hydrogens (tertiary/aromatic N) is 4. The summed E-state index contributed by atoms with van der Waals surface area (Å²) in [6.07, 6.45) is 9.91. The highest BCUT2D eigenvalue weighted by atomic mass is 35.5. The van der Waals surface area contributed by atoms with E-state index < -0.39 is 18.0 Å². The van der Waals surface area contributed by atoms with Gasteiger partial charge in [-0.25, -0.2) is 8.78 Å². The molecule has 4 aliphatic heterocycles. The number of pyridine rings is 1. The molecule has 0 aliphatic carbocycles. The fraction of sp³-hybridized carbons (Fsp3) is 0.432. The highest BCUT2D eigenvalue weighted by Crippen LogP contribution is 2.46. The number of amidine groups is 1. The Morgan fingerprint density at radius 3 is 2.81 bits per heavy atom. The molecule has 0 saturated carbocycles. The fourth-order valence-corrected chi connectivity index (χ4v) is 8.10. The van der Waals surface area contributed by atoms with Crippen molar-refractivity contribution in [3.8, 4) is 0 Å². The quantitative estimate of drug-likeness (QED) is 0.167. The molecule has 0 amide bonds. The molecule has 2 N–H and O–H groups in total. The molecule has 6 nitrogen and oxygen atoms in total. The third kappa shape index (κ3) is 7.80. The van der Waals surface area contributed by atoms with Gasteiger partial charge in [-0.2, -0.15) is 0 Å². The maximum absolute atomic E-state index is 14.2. The third-order valence-electron chi connectivity index (χ3n) is 9.13. The zero-order chi connectivity index (χ0) is 32.9. The van der Waals surface area contributed by atoms with Crippen molar-refractivity contribution in [1.82, 2.24) is 20.5 Å². The van der Waals surface area contributed by atoms with Crippen LogP contribution in [0.3, 0.4) is 0 Å². The summed E-state index contributed by atoms with van der Waals surface area (Å²) in [6, 6.07) is 10.1. The van der Waals surface area contributed by atoms with E-state index in [9.17, 15) is 8.78 Å². The second-order valence-corrected chi connectivity index (χ2v) is 14.1. The number of rotatable bonds is 13. The van der Waals surface area contributed by atoms with Crippen LogP contribution in [0.2, 0.25) is 5.02 Å². The molecule has 47 heavy (non-hydrogen) atoms. The van der Waals surface area contributed by atoms with Crippen molar-refractivity contribution in [1.29, 1.82) is 0 Å². The minimum absolute atomic E-state index is 0.00653. The average Bonchev–Trinajstić information content (AvgIpc) is 3.70. The van der Waals surface area contributed by atoms with Crippen LogP contribution in [0.5, 0.6) is 0 Å². The Kier molecular flexibility index (Phi) is 11.1. The lowest BCUT2D eigenvalue weighted by atomic mass is 9.90. The van der Waals surface area contributed by atoms with Crippen LogP contribution in [0.1, 0.15) is 62.9 Å². The number of thioether (sulfide) groups is 1. The van der Waals surface area contributed by atoms with Gasteiger partial charge in [0.2, 0.25) is 0 Å². The van der Waals surface area contributed by atoms with E-state index in [1.54, 1.807) is 24.8 Å². The second-order valence-electron chi connectivity index (χ2n) is 12.7. The van der Waals surface area contributed by atoms with Gasteiger partial charge < -0.3 is 15.5 Å². The van der Waals surface area contributed by atoms with Gasteiger partial charge in [0.25, 0.3) is 0 Å². The van der Waals surface area contributed by atoms with Gasteiger partial charge in [-0.05, 0) is 67.9 Å². The van der Waals surface area contributed by atoms with Crippen LogP contribution < -0.4 is 10.6 Å². The van der Waals surface area contributed by atoms with E-state index in [0.717, 1.165) is 85.1 Å². The summed E-state index contributed by atoms with van der Waals surface area (Å²) in [5, 5.41) is 9.78. The normalized spacial score (nSPS) is 25.2. The predicted molar refractivity (Wildman–Crippen MR) is 191 cm³/mol. The van der Waals surface area contributed by atoms with Crippen LogP contribution >= 0.6 is 23.4 Å². The summed E-state index contributed by atoms with van der Waals surface area (Å²) in [5.41, 5.74) is 5.83. The first-order valence-electron chi connectivity index (χ1n) is 16.6. The molecule has 10 heteroatoms. The zero-order valence-corrected chi connectivity index (χ0v) is 28.6. The standard InChI is InChI=1S/C37H43ClF2N6S/c1-4-30(31-9-5-6-14-42-31)43-16-15-41-21-25-19-33-34(32-13-11-27(44-32)18-24(3)39)35(28-12-10-26(40)20-29(28)38)45-37(46(33)22-25)36-23(2)8-7-17-47-36/h5-7,9-14,17,20,24-25,27,30,35-36,41,43H,2,4,8,15-16,18-19,21-22H2,1,3H3/t24?,25-,27?,30-,35+,36?/m1/s1. The molecule has 5 heterocycles. The molecule has 0 spiro atoms. The van der Waals surface area contributed by atoms with Crippen molar-refractivity contribution in [2.45, 2.75) is 69.1 Å². The van der Waals surface area contributed by atoms with Gasteiger partial charge in [0.15, 0.2) is 0 Å². The van der Waals surface area contributed by atoms with Gasteiger partial charge in [-0.1, -0.05) is 55.0 Å². The van der Waals surface area contributed by atoms with Crippen LogP contribution in [-0.4, -0.2) is 65.1 Å². The van der Waals surface area contributed by atoms with E-state index in [4.69, 9.17) is 21.6 Å². The highest BCUT2D eigenvalue weighted by molar-refractivity contribution is 8.03. The molecule has 2 aromatic rings. The molecule has 1 fully saturated rings. The summed E-state index contributed by atoms with van der Waals surface area (Å²) in [7, 11) is 0. The Morgan fingerprint density at radius 2 is 2.06 bits per heavy atom. The summed E-state index contributed by atoms with van der Waals surface area (Å²) < 4.78 is 28.3. The molecule has 1 aromatic carbocycles. The van der Waals surface area contributed by atoms with Crippen LogP contribution in [0.15, 0.2) is 99.6 Å². The van der Waals surface area contributed by atoms with Crippen LogP contribution in [-0.2, 0) is 0 Å². The average molecular weight is 677 g/mol. The number of benzene rings is 1. The minimum Gasteiger partial charge on any atom is -0.332 e. The lowest BCUT2D eigenvalue weighted by Crippen LogP contribution is -2.41. The Hall–Kier alpha value is -3.11. The topological polar surface area (TPSA) is 64.9 Å². The van der Waals surface area contributed by atoms with E-state index in [1.807, 2.05) is 30.5 Å². The predicted octanol–water partition coefficient (Wildman–Crippen LogP) is 7.94. The van der Waals surface area contributed by atoms with Gasteiger partial charge in [0.1, 0.15) is 17.7 Å². The summed E-state index contributed by atoms with van der Waals surface area (Å²) in [6.45, 7) is 11.5. The first-order chi connectivity index (χ1) is 22.8. The number of hydrogen-bond acceptors (Lipinski definition) is 7. The van der Waals surface area contributed by atoms with E-state index in [0.29, 0.717) is 17.4 Å².